The monoisotopic (exact) mass is 234 g/mol. The predicted molar refractivity (Wildman–Crippen MR) is 64.7 cm³/mol. The topological polar surface area (TPSA) is 42.7 Å². The molecule has 1 N–H and O–H groups in total. The maximum atomic E-state index is 4.50. The summed E-state index contributed by atoms with van der Waals surface area (Å²) in [6.45, 7) is 2.79. The van der Waals surface area contributed by atoms with Crippen molar-refractivity contribution in [2.24, 2.45) is 0 Å². The van der Waals surface area contributed by atoms with Crippen LogP contribution in [-0.4, -0.2) is 14.5 Å². The van der Waals surface area contributed by atoms with Gasteiger partial charge in [-0.1, -0.05) is 0 Å². The predicted octanol–water partition coefficient (Wildman–Crippen LogP) is 2.60. The van der Waals surface area contributed by atoms with E-state index in [2.05, 4.69) is 31.4 Å². The van der Waals surface area contributed by atoms with Crippen molar-refractivity contribution >= 4 is 17.3 Å². The largest absolute Gasteiger partial charge is 0.350 e. The minimum atomic E-state index is 0.666. The van der Waals surface area contributed by atoms with Crippen LogP contribution in [0.2, 0.25) is 0 Å². The molecule has 1 aliphatic carbocycles. The first kappa shape index (κ1) is 9.84. The van der Waals surface area contributed by atoms with Gasteiger partial charge in [-0.25, -0.2) is 9.97 Å². The third-order valence-electron chi connectivity index (χ3n) is 2.70. The van der Waals surface area contributed by atoms with Crippen LogP contribution in [-0.2, 0) is 6.54 Å². The van der Waals surface area contributed by atoms with Crippen molar-refractivity contribution in [1.29, 1.82) is 0 Å². The average Bonchev–Trinajstić information content (AvgIpc) is 2.85. The van der Waals surface area contributed by atoms with Crippen molar-refractivity contribution in [2.45, 2.75) is 32.4 Å². The van der Waals surface area contributed by atoms with E-state index in [1.54, 1.807) is 11.3 Å². The number of aromatic nitrogens is 3. The molecule has 1 fully saturated rings. The molecule has 0 aliphatic heterocycles. The average molecular weight is 234 g/mol. The lowest BCUT2D eigenvalue weighted by Gasteiger charge is -2.06. The van der Waals surface area contributed by atoms with Crippen molar-refractivity contribution in [3.63, 3.8) is 0 Å². The molecule has 5 heteroatoms. The van der Waals surface area contributed by atoms with Crippen molar-refractivity contribution in [1.82, 2.24) is 14.5 Å². The van der Waals surface area contributed by atoms with E-state index < -0.39 is 0 Å². The fraction of sp³-hybridized carbons (Fsp3) is 0.455. The highest BCUT2D eigenvalue weighted by Crippen LogP contribution is 2.37. The fourth-order valence-corrected chi connectivity index (χ4v) is 2.33. The molecule has 0 aromatic carbocycles. The van der Waals surface area contributed by atoms with E-state index in [1.165, 1.54) is 12.8 Å². The molecule has 0 bridgehead atoms. The highest BCUT2D eigenvalue weighted by molar-refractivity contribution is 7.07. The second kappa shape index (κ2) is 3.90. The van der Waals surface area contributed by atoms with E-state index in [1.807, 2.05) is 12.4 Å². The minimum Gasteiger partial charge on any atom is -0.350 e. The second-order valence-electron chi connectivity index (χ2n) is 4.18. The zero-order valence-electron chi connectivity index (χ0n) is 9.18. The molecule has 84 valence electrons. The Balaban J connectivity index is 1.73. The van der Waals surface area contributed by atoms with Crippen molar-refractivity contribution in [3.05, 3.63) is 28.5 Å². The number of anilines is 1. The molecule has 16 heavy (non-hydrogen) atoms. The van der Waals surface area contributed by atoms with Gasteiger partial charge in [0.05, 0.1) is 23.4 Å². The third kappa shape index (κ3) is 1.95. The van der Waals surface area contributed by atoms with Gasteiger partial charge >= 0.3 is 0 Å². The van der Waals surface area contributed by atoms with Crippen LogP contribution in [0.4, 0.5) is 5.95 Å². The van der Waals surface area contributed by atoms with Crippen molar-refractivity contribution < 1.29 is 0 Å². The first-order valence-electron chi connectivity index (χ1n) is 5.49. The lowest BCUT2D eigenvalue weighted by molar-refractivity contribution is 0.742. The van der Waals surface area contributed by atoms with Gasteiger partial charge in [0.15, 0.2) is 0 Å². The van der Waals surface area contributed by atoms with Gasteiger partial charge in [-0.15, -0.1) is 11.3 Å². The van der Waals surface area contributed by atoms with Crippen LogP contribution in [0.3, 0.4) is 0 Å². The van der Waals surface area contributed by atoms with Crippen LogP contribution < -0.4 is 5.32 Å². The lowest BCUT2D eigenvalue weighted by Crippen LogP contribution is -2.06. The number of hydrogen-bond donors (Lipinski definition) is 1. The Morgan fingerprint density at radius 3 is 3.12 bits per heavy atom. The van der Waals surface area contributed by atoms with Gasteiger partial charge < -0.3 is 9.88 Å². The summed E-state index contributed by atoms with van der Waals surface area (Å²) in [7, 11) is 0. The van der Waals surface area contributed by atoms with E-state index >= 15 is 0 Å². The molecule has 2 heterocycles. The third-order valence-corrected chi connectivity index (χ3v) is 3.34. The Bertz CT molecular complexity index is 470. The van der Waals surface area contributed by atoms with Crippen LogP contribution in [0.1, 0.15) is 30.3 Å². The number of imidazole rings is 1. The van der Waals surface area contributed by atoms with Crippen LogP contribution in [0.25, 0.3) is 0 Å². The minimum absolute atomic E-state index is 0.666. The van der Waals surface area contributed by atoms with Gasteiger partial charge in [-0.3, -0.25) is 0 Å². The van der Waals surface area contributed by atoms with Crippen LogP contribution >= 0.6 is 11.3 Å². The van der Waals surface area contributed by atoms with E-state index in [0.717, 1.165) is 23.9 Å². The Labute approximate surface area is 98.4 Å². The van der Waals surface area contributed by atoms with Crippen LogP contribution in [0.5, 0.6) is 0 Å². The van der Waals surface area contributed by atoms with E-state index in [-0.39, 0.29) is 0 Å². The maximum Gasteiger partial charge on any atom is 0.203 e. The molecule has 2 aromatic rings. The number of aryl methyl sites for hydroxylation is 1. The Kier molecular flexibility index (Phi) is 2.40. The summed E-state index contributed by atoms with van der Waals surface area (Å²) in [5, 5.41) is 5.41. The quantitative estimate of drug-likeness (QED) is 0.884. The van der Waals surface area contributed by atoms with Gasteiger partial charge in [-0.05, 0) is 19.8 Å². The van der Waals surface area contributed by atoms with Crippen molar-refractivity contribution in [2.75, 3.05) is 5.32 Å². The maximum absolute atomic E-state index is 4.50. The summed E-state index contributed by atoms with van der Waals surface area (Å²) in [6.07, 6.45) is 4.68. The Hall–Kier alpha value is -1.36. The van der Waals surface area contributed by atoms with Gasteiger partial charge in [0.1, 0.15) is 0 Å². The van der Waals surface area contributed by atoms with Gasteiger partial charge in [0.2, 0.25) is 5.95 Å². The summed E-state index contributed by atoms with van der Waals surface area (Å²) in [6, 6.07) is 0.666. The first-order chi connectivity index (χ1) is 7.83. The molecule has 0 radical (unpaired) electrons. The number of nitrogens with one attached hydrogen (secondary N) is 1. The second-order valence-corrected chi connectivity index (χ2v) is 4.90. The molecule has 1 saturated carbocycles. The smallest absolute Gasteiger partial charge is 0.203 e. The van der Waals surface area contributed by atoms with E-state index in [0.29, 0.717) is 6.04 Å². The number of nitrogens with zero attached hydrogens (tertiary/aromatic N) is 3. The Morgan fingerprint density at radius 1 is 1.56 bits per heavy atom. The van der Waals surface area contributed by atoms with E-state index in [9.17, 15) is 0 Å². The SMILES string of the molecule is Cc1cn(C2CC2)c(NCc2cscn2)n1. The zero-order valence-corrected chi connectivity index (χ0v) is 10.00. The molecule has 0 amide bonds. The number of thiazole rings is 1. The van der Waals surface area contributed by atoms with Crippen molar-refractivity contribution in [3.8, 4) is 0 Å². The number of rotatable bonds is 4. The summed E-state index contributed by atoms with van der Waals surface area (Å²) in [4.78, 5) is 8.75. The molecule has 0 spiro atoms. The molecular weight excluding hydrogens is 220 g/mol. The first-order valence-corrected chi connectivity index (χ1v) is 6.43. The molecule has 3 rings (SSSR count). The molecule has 0 saturated heterocycles. The molecule has 4 nitrogen and oxygen atoms in total. The fourth-order valence-electron chi connectivity index (χ4n) is 1.77. The zero-order chi connectivity index (χ0) is 11.0. The molecular formula is C11H14N4S. The highest BCUT2D eigenvalue weighted by Gasteiger charge is 2.26. The number of hydrogen-bond acceptors (Lipinski definition) is 4. The van der Waals surface area contributed by atoms with Gasteiger partial charge in [0, 0.05) is 17.6 Å². The van der Waals surface area contributed by atoms with Crippen LogP contribution in [0, 0.1) is 6.92 Å². The Morgan fingerprint density at radius 2 is 2.44 bits per heavy atom. The molecule has 2 aromatic heterocycles. The standard InChI is InChI=1S/C11H14N4S/c1-8-5-15(10-2-3-10)11(14-8)12-4-9-6-16-7-13-9/h5-7,10H,2-4H2,1H3,(H,12,14). The van der Waals surface area contributed by atoms with Gasteiger partial charge in [0.25, 0.3) is 0 Å². The molecule has 1 aliphatic rings. The lowest BCUT2D eigenvalue weighted by atomic mass is 10.5. The van der Waals surface area contributed by atoms with E-state index in [4.69, 9.17) is 0 Å². The molecule has 0 atom stereocenters. The summed E-state index contributed by atoms with van der Waals surface area (Å²) in [5.74, 6) is 0.980. The molecule has 0 unspecified atom stereocenters. The van der Waals surface area contributed by atoms with Gasteiger partial charge in [-0.2, -0.15) is 0 Å². The van der Waals surface area contributed by atoms with Crippen LogP contribution in [0.15, 0.2) is 17.1 Å². The summed E-state index contributed by atoms with van der Waals surface area (Å²) in [5.41, 5.74) is 4.01. The summed E-state index contributed by atoms with van der Waals surface area (Å²) >= 11 is 1.62. The summed E-state index contributed by atoms with van der Waals surface area (Å²) < 4.78 is 2.25. The normalized spacial score (nSPS) is 15.3. The highest BCUT2D eigenvalue weighted by atomic mass is 32.1.